The molecule has 2 aliphatic heterocycles. The molecule has 1 N–H and O–H groups in total. The zero-order valence-electron chi connectivity index (χ0n) is 14.1. The third-order valence-corrected chi connectivity index (χ3v) is 6.08. The molecule has 0 radical (unpaired) electrons. The molecular weight excluding hydrogens is 427 g/mol. The molecule has 0 atom stereocenters. The number of hydrogen-bond acceptors (Lipinski definition) is 4. The Morgan fingerprint density at radius 3 is 2.55 bits per heavy atom. The summed E-state index contributed by atoms with van der Waals surface area (Å²) in [6, 6.07) is 0. The Hall–Kier alpha value is 0.660. The fraction of sp³-hybridized carbons (Fsp3) is 0.933. The maximum Gasteiger partial charge on any atom is 0.194 e. The smallest absolute Gasteiger partial charge is 0.194 e. The van der Waals surface area contributed by atoms with Gasteiger partial charge in [0.1, 0.15) is 0 Å². The number of rotatable bonds is 4. The van der Waals surface area contributed by atoms with Gasteiger partial charge >= 0.3 is 0 Å². The van der Waals surface area contributed by atoms with E-state index in [1.807, 2.05) is 0 Å². The van der Waals surface area contributed by atoms with Crippen molar-refractivity contribution in [3.05, 3.63) is 0 Å². The van der Waals surface area contributed by atoms with Gasteiger partial charge in [-0.15, -0.1) is 24.0 Å². The lowest BCUT2D eigenvalue weighted by Crippen LogP contribution is -2.51. The van der Waals surface area contributed by atoms with Gasteiger partial charge in [0.05, 0.1) is 6.54 Å². The zero-order valence-corrected chi connectivity index (χ0v) is 18.1. The third-order valence-electron chi connectivity index (χ3n) is 3.84. The fourth-order valence-electron chi connectivity index (χ4n) is 2.75. The van der Waals surface area contributed by atoms with Crippen molar-refractivity contribution < 1.29 is 0 Å². The summed E-state index contributed by atoms with van der Waals surface area (Å²) < 4.78 is 0.332. The first-order chi connectivity index (χ1) is 10.1. The molecule has 0 aromatic carbocycles. The van der Waals surface area contributed by atoms with Crippen LogP contribution in [0.25, 0.3) is 0 Å². The minimum absolute atomic E-state index is 0. The van der Waals surface area contributed by atoms with Crippen LogP contribution in [-0.2, 0) is 0 Å². The average Bonchev–Trinajstić information content (AvgIpc) is 2.46. The molecule has 0 aromatic rings. The van der Waals surface area contributed by atoms with Gasteiger partial charge in [-0.05, 0) is 20.8 Å². The lowest BCUT2D eigenvalue weighted by molar-refractivity contribution is 0.310. The van der Waals surface area contributed by atoms with E-state index in [1.165, 1.54) is 30.3 Å². The van der Waals surface area contributed by atoms with Gasteiger partial charge in [0.15, 0.2) is 5.96 Å². The molecule has 2 fully saturated rings. The lowest BCUT2D eigenvalue weighted by Gasteiger charge is -2.39. The highest BCUT2D eigenvalue weighted by Gasteiger charge is 2.28. The van der Waals surface area contributed by atoms with Gasteiger partial charge in [-0.2, -0.15) is 23.5 Å². The van der Waals surface area contributed by atoms with E-state index in [-0.39, 0.29) is 24.0 Å². The number of hydrogen-bond donors (Lipinski definition) is 1. The number of nitrogens with one attached hydrogen (secondary N) is 1. The highest BCUT2D eigenvalue weighted by molar-refractivity contribution is 14.0. The van der Waals surface area contributed by atoms with E-state index >= 15 is 0 Å². The monoisotopic (exact) mass is 458 g/mol. The van der Waals surface area contributed by atoms with Crippen LogP contribution < -0.4 is 5.32 Å². The van der Waals surface area contributed by atoms with E-state index in [4.69, 9.17) is 4.99 Å². The molecule has 4 nitrogen and oxygen atoms in total. The zero-order chi connectivity index (χ0) is 15.1. The van der Waals surface area contributed by atoms with Crippen molar-refractivity contribution in [2.45, 2.75) is 25.5 Å². The summed E-state index contributed by atoms with van der Waals surface area (Å²) in [7, 11) is 0. The van der Waals surface area contributed by atoms with Gasteiger partial charge in [-0.3, -0.25) is 9.89 Å². The summed E-state index contributed by atoms with van der Waals surface area (Å²) in [4.78, 5) is 9.85. The summed E-state index contributed by atoms with van der Waals surface area (Å²) >= 11 is 4.14. The first-order valence-corrected chi connectivity index (χ1v) is 10.2. The second-order valence-electron chi connectivity index (χ2n) is 6.22. The van der Waals surface area contributed by atoms with Crippen molar-refractivity contribution in [3.8, 4) is 0 Å². The SMILES string of the molecule is CCNC(=NCCN1CCSCC1)N1CCSC(C)(C)C1.I. The lowest BCUT2D eigenvalue weighted by atomic mass is 10.2. The molecular formula is C15H31IN4S2. The standard InChI is InChI=1S/C15H30N4S2.HI/c1-4-16-14(19-9-12-21-15(2,3)13-19)17-5-6-18-7-10-20-11-8-18;/h4-13H2,1-3H3,(H,16,17);1H. The number of thioether (sulfide) groups is 2. The largest absolute Gasteiger partial charge is 0.357 e. The Balaban J connectivity index is 0.00000242. The molecule has 7 heteroatoms. The second kappa shape index (κ2) is 10.5. The van der Waals surface area contributed by atoms with Crippen LogP contribution in [0.1, 0.15) is 20.8 Å². The van der Waals surface area contributed by atoms with Crippen molar-refractivity contribution >= 4 is 53.5 Å². The molecule has 2 heterocycles. The predicted molar refractivity (Wildman–Crippen MR) is 113 cm³/mol. The Kier molecular flexibility index (Phi) is 9.89. The minimum atomic E-state index is 0. The summed E-state index contributed by atoms with van der Waals surface area (Å²) in [6.07, 6.45) is 0. The molecule has 0 bridgehead atoms. The van der Waals surface area contributed by atoms with Gasteiger partial charge < -0.3 is 10.2 Å². The first-order valence-electron chi connectivity index (χ1n) is 8.08. The van der Waals surface area contributed by atoms with Crippen LogP contribution in [0.4, 0.5) is 0 Å². The molecule has 0 unspecified atom stereocenters. The van der Waals surface area contributed by atoms with E-state index < -0.39 is 0 Å². The molecule has 0 spiro atoms. The highest BCUT2D eigenvalue weighted by Crippen LogP contribution is 2.29. The van der Waals surface area contributed by atoms with Crippen LogP contribution >= 0.6 is 47.5 Å². The Morgan fingerprint density at radius 2 is 1.91 bits per heavy atom. The van der Waals surface area contributed by atoms with E-state index in [0.29, 0.717) is 4.75 Å². The molecule has 22 heavy (non-hydrogen) atoms. The van der Waals surface area contributed by atoms with Crippen LogP contribution in [0, 0.1) is 0 Å². The van der Waals surface area contributed by atoms with Crippen LogP contribution in [-0.4, -0.2) is 83.6 Å². The molecule has 2 aliphatic rings. The summed E-state index contributed by atoms with van der Waals surface area (Å²) in [5.41, 5.74) is 0. The molecule has 2 rings (SSSR count). The Labute approximate surface area is 161 Å². The van der Waals surface area contributed by atoms with Crippen LogP contribution in [0.2, 0.25) is 0 Å². The van der Waals surface area contributed by atoms with Crippen molar-refractivity contribution in [2.75, 3.05) is 63.1 Å². The van der Waals surface area contributed by atoms with Crippen molar-refractivity contribution in [1.29, 1.82) is 0 Å². The summed E-state index contributed by atoms with van der Waals surface area (Å²) in [5.74, 6) is 4.86. The summed E-state index contributed by atoms with van der Waals surface area (Å²) in [5, 5.41) is 3.47. The number of nitrogens with zero attached hydrogens (tertiary/aromatic N) is 3. The van der Waals surface area contributed by atoms with Gasteiger partial charge in [0.25, 0.3) is 0 Å². The second-order valence-corrected chi connectivity index (χ2v) is 9.25. The quantitative estimate of drug-likeness (QED) is 0.398. The molecule has 0 amide bonds. The fourth-order valence-corrected chi connectivity index (χ4v) is 4.84. The molecule has 2 saturated heterocycles. The van der Waals surface area contributed by atoms with Crippen LogP contribution in [0.15, 0.2) is 4.99 Å². The number of aliphatic imine (C=N–C) groups is 1. The van der Waals surface area contributed by atoms with E-state index in [9.17, 15) is 0 Å². The maximum absolute atomic E-state index is 4.87. The van der Waals surface area contributed by atoms with Crippen LogP contribution in [0.5, 0.6) is 0 Å². The minimum Gasteiger partial charge on any atom is -0.357 e. The number of halogens is 1. The highest BCUT2D eigenvalue weighted by atomic mass is 127. The van der Waals surface area contributed by atoms with Gasteiger partial charge in [-0.1, -0.05) is 0 Å². The van der Waals surface area contributed by atoms with Crippen molar-refractivity contribution in [1.82, 2.24) is 15.1 Å². The predicted octanol–water partition coefficient (Wildman–Crippen LogP) is 2.45. The number of guanidine groups is 1. The molecule has 0 aromatic heterocycles. The Bertz CT molecular complexity index is 346. The van der Waals surface area contributed by atoms with Crippen molar-refractivity contribution in [3.63, 3.8) is 0 Å². The normalized spacial score (nSPS) is 23.0. The van der Waals surface area contributed by atoms with Gasteiger partial charge in [0, 0.05) is 61.3 Å². The summed E-state index contributed by atoms with van der Waals surface area (Å²) in [6.45, 7) is 14.4. The maximum atomic E-state index is 4.87. The van der Waals surface area contributed by atoms with E-state index in [1.54, 1.807) is 0 Å². The molecule has 0 aliphatic carbocycles. The third kappa shape index (κ3) is 7.05. The van der Waals surface area contributed by atoms with E-state index in [0.717, 1.165) is 38.7 Å². The van der Waals surface area contributed by atoms with Gasteiger partial charge in [0.2, 0.25) is 0 Å². The first kappa shape index (κ1) is 20.7. The van der Waals surface area contributed by atoms with Gasteiger partial charge in [-0.25, -0.2) is 0 Å². The average molecular weight is 458 g/mol. The van der Waals surface area contributed by atoms with Crippen LogP contribution in [0.3, 0.4) is 0 Å². The van der Waals surface area contributed by atoms with Crippen molar-refractivity contribution in [2.24, 2.45) is 4.99 Å². The molecule has 130 valence electrons. The topological polar surface area (TPSA) is 30.9 Å². The molecule has 0 saturated carbocycles. The van der Waals surface area contributed by atoms with E-state index in [2.05, 4.69) is 59.4 Å². The Morgan fingerprint density at radius 1 is 1.18 bits per heavy atom.